The molecule has 1 aliphatic carbocycles. The van der Waals surface area contributed by atoms with Gasteiger partial charge in [0.05, 0.1) is 6.10 Å². The van der Waals surface area contributed by atoms with Crippen LogP contribution < -0.4 is 5.73 Å². The van der Waals surface area contributed by atoms with Crippen molar-refractivity contribution in [3.05, 3.63) is 21.9 Å². The Hall–Kier alpha value is -0.620. The van der Waals surface area contributed by atoms with Gasteiger partial charge in [-0.05, 0) is 42.7 Å². The summed E-state index contributed by atoms with van der Waals surface area (Å²) >= 11 is 1.78. The molecule has 1 aliphatic heterocycles. The van der Waals surface area contributed by atoms with Gasteiger partial charge in [0.25, 0.3) is 0 Å². The van der Waals surface area contributed by atoms with Crippen LogP contribution in [0.4, 0.5) is 0 Å². The van der Waals surface area contributed by atoms with E-state index in [2.05, 4.69) is 11.4 Å². The van der Waals surface area contributed by atoms with E-state index in [1.165, 1.54) is 10.4 Å². The molecule has 112 valence electrons. The molecule has 20 heavy (non-hydrogen) atoms. The predicted molar refractivity (Wildman–Crippen MR) is 82.0 cm³/mol. The molecule has 0 bridgehead atoms. The van der Waals surface area contributed by atoms with Crippen LogP contribution in [0.1, 0.15) is 29.7 Å². The molecular formula is C14H21ClN2O2S. The fourth-order valence-corrected chi connectivity index (χ4v) is 3.98. The fraction of sp³-hybridized carbons (Fsp3) is 0.643. The number of carbonyl (C=O) groups is 1. The van der Waals surface area contributed by atoms with Crippen molar-refractivity contribution in [3.8, 4) is 0 Å². The van der Waals surface area contributed by atoms with E-state index in [1.807, 2.05) is 4.90 Å². The second-order valence-electron chi connectivity index (χ2n) is 5.62. The van der Waals surface area contributed by atoms with Gasteiger partial charge < -0.3 is 15.7 Å². The number of hydrogen-bond acceptors (Lipinski definition) is 4. The van der Waals surface area contributed by atoms with Gasteiger partial charge in [0, 0.05) is 29.9 Å². The van der Waals surface area contributed by atoms with E-state index in [0.717, 1.165) is 32.4 Å². The van der Waals surface area contributed by atoms with Gasteiger partial charge in [-0.2, -0.15) is 0 Å². The molecule has 0 spiro atoms. The van der Waals surface area contributed by atoms with Crippen molar-refractivity contribution < 1.29 is 9.90 Å². The lowest BCUT2D eigenvalue weighted by Gasteiger charge is -2.35. The lowest BCUT2D eigenvalue weighted by Crippen LogP contribution is -2.46. The van der Waals surface area contributed by atoms with Crippen LogP contribution in [0.15, 0.2) is 11.4 Å². The number of thiophene rings is 1. The Morgan fingerprint density at radius 1 is 1.45 bits per heavy atom. The van der Waals surface area contributed by atoms with Crippen molar-refractivity contribution in [1.82, 2.24) is 4.90 Å². The SMILES string of the molecule is Cl.N[C@H]1CC[C@H](C(=O)N2CCc3sccc3C2)C[C@@H]1O. The topological polar surface area (TPSA) is 66.6 Å². The molecule has 1 saturated carbocycles. The van der Waals surface area contributed by atoms with Gasteiger partial charge in [-0.25, -0.2) is 0 Å². The number of fused-ring (bicyclic) bond motifs is 1. The second kappa shape index (κ2) is 6.43. The van der Waals surface area contributed by atoms with Crippen LogP contribution in [0.5, 0.6) is 0 Å². The lowest BCUT2D eigenvalue weighted by molar-refractivity contribution is -0.139. The van der Waals surface area contributed by atoms with Gasteiger partial charge in [0.2, 0.25) is 5.91 Å². The van der Waals surface area contributed by atoms with E-state index in [9.17, 15) is 9.90 Å². The van der Waals surface area contributed by atoms with Crippen LogP contribution in [-0.2, 0) is 17.8 Å². The highest BCUT2D eigenvalue weighted by Gasteiger charge is 2.34. The van der Waals surface area contributed by atoms with Crippen LogP contribution in [0, 0.1) is 5.92 Å². The van der Waals surface area contributed by atoms with Crippen LogP contribution in [0.2, 0.25) is 0 Å². The molecule has 2 aliphatic rings. The van der Waals surface area contributed by atoms with Crippen molar-refractivity contribution in [2.45, 2.75) is 44.4 Å². The largest absolute Gasteiger partial charge is 0.391 e. The molecule has 3 rings (SSSR count). The molecule has 3 N–H and O–H groups in total. The molecule has 0 saturated heterocycles. The number of aliphatic hydroxyl groups excluding tert-OH is 1. The van der Waals surface area contributed by atoms with E-state index >= 15 is 0 Å². The Bertz CT molecular complexity index is 479. The maximum atomic E-state index is 12.5. The minimum atomic E-state index is -0.524. The van der Waals surface area contributed by atoms with Crippen LogP contribution in [-0.4, -0.2) is 34.6 Å². The van der Waals surface area contributed by atoms with Gasteiger partial charge in [0.1, 0.15) is 0 Å². The zero-order chi connectivity index (χ0) is 13.4. The summed E-state index contributed by atoms with van der Waals surface area (Å²) in [6, 6.07) is 1.96. The molecule has 4 nitrogen and oxygen atoms in total. The maximum absolute atomic E-state index is 12.5. The third-order valence-corrected chi connectivity index (χ3v) is 5.36. The van der Waals surface area contributed by atoms with E-state index in [0.29, 0.717) is 6.42 Å². The summed E-state index contributed by atoms with van der Waals surface area (Å²) in [7, 11) is 0. The van der Waals surface area contributed by atoms with Gasteiger partial charge in [0.15, 0.2) is 0 Å². The number of rotatable bonds is 1. The van der Waals surface area contributed by atoms with Gasteiger partial charge >= 0.3 is 0 Å². The van der Waals surface area contributed by atoms with Crippen LogP contribution >= 0.6 is 23.7 Å². The molecule has 0 unspecified atom stereocenters. The quantitative estimate of drug-likeness (QED) is 0.826. The first-order valence-electron chi connectivity index (χ1n) is 6.93. The number of nitrogens with two attached hydrogens (primary N) is 1. The average Bonchev–Trinajstić information content (AvgIpc) is 2.88. The first-order valence-corrected chi connectivity index (χ1v) is 7.81. The first kappa shape index (κ1) is 15.8. The number of nitrogens with zero attached hydrogens (tertiary/aromatic N) is 1. The van der Waals surface area contributed by atoms with Crippen molar-refractivity contribution >= 4 is 29.7 Å². The average molecular weight is 317 g/mol. The summed E-state index contributed by atoms with van der Waals surface area (Å²) in [5, 5.41) is 11.9. The van der Waals surface area contributed by atoms with Crippen molar-refractivity contribution in [3.63, 3.8) is 0 Å². The first-order chi connectivity index (χ1) is 9.15. The zero-order valence-corrected chi connectivity index (χ0v) is 13.0. The molecule has 0 radical (unpaired) electrons. The molecule has 0 aromatic carbocycles. The standard InChI is InChI=1S/C14H20N2O2S.ClH/c15-11-2-1-9(7-12(11)17)14(18)16-5-3-13-10(8-16)4-6-19-13;/h4,6,9,11-12,17H,1-3,5,7-8,15H2;1H/t9-,11-,12-;/m0./s1. The molecule has 1 aromatic heterocycles. The number of carbonyl (C=O) groups excluding carboxylic acids is 1. The highest BCUT2D eigenvalue weighted by atomic mass is 35.5. The maximum Gasteiger partial charge on any atom is 0.226 e. The van der Waals surface area contributed by atoms with E-state index in [1.54, 1.807) is 11.3 Å². The van der Waals surface area contributed by atoms with E-state index in [4.69, 9.17) is 5.73 Å². The van der Waals surface area contributed by atoms with Gasteiger partial charge in [-0.1, -0.05) is 0 Å². The summed E-state index contributed by atoms with van der Waals surface area (Å²) in [4.78, 5) is 15.9. The Morgan fingerprint density at radius 3 is 3.00 bits per heavy atom. The van der Waals surface area contributed by atoms with E-state index in [-0.39, 0.29) is 30.3 Å². The fourth-order valence-electron chi connectivity index (χ4n) is 3.09. The Morgan fingerprint density at radius 2 is 2.25 bits per heavy atom. The number of aliphatic hydroxyl groups is 1. The molecule has 3 atom stereocenters. The van der Waals surface area contributed by atoms with E-state index < -0.39 is 6.10 Å². The predicted octanol–water partition coefficient (Wildman–Crippen LogP) is 1.54. The monoisotopic (exact) mass is 316 g/mol. The van der Waals surface area contributed by atoms with Crippen molar-refractivity contribution in [1.29, 1.82) is 0 Å². The highest BCUT2D eigenvalue weighted by Crippen LogP contribution is 2.29. The summed E-state index contributed by atoms with van der Waals surface area (Å²) in [5.41, 5.74) is 7.08. The second-order valence-corrected chi connectivity index (χ2v) is 6.62. The molecule has 1 aromatic rings. The molecular weight excluding hydrogens is 296 g/mol. The third-order valence-electron chi connectivity index (χ3n) is 4.34. The minimum absolute atomic E-state index is 0. The molecule has 1 amide bonds. The minimum Gasteiger partial charge on any atom is -0.391 e. The van der Waals surface area contributed by atoms with Gasteiger partial charge in [-0.15, -0.1) is 23.7 Å². The molecule has 6 heteroatoms. The summed E-state index contributed by atoms with van der Waals surface area (Å²) in [6.07, 6.45) is 2.52. The summed E-state index contributed by atoms with van der Waals surface area (Å²) < 4.78 is 0. The summed E-state index contributed by atoms with van der Waals surface area (Å²) in [6.45, 7) is 1.54. The van der Waals surface area contributed by atoms with Crippen LogP contribution in [0.25, 0.3) is 0 Å². The number of amides is 1. The Labute approximate surface area is 129 Å². The Balaban J connectivity index is 0.00000147. The molecule has 2 heterocycles. The van der Waals surface area contributed by atoms with Crippen molar-refractivity contribution in [2.24, 2.45) is 11.7 Å². The number of hydrogen-bond donors (Lipinski definition) is 2. The third kappa shape index (κ3) is 3.01. The smallest absolute Gasteiger partial charge is 0.226 e. The molecule has 1 fully saturated rings. The van der Waals surface area contributed by atoms with Crippen LogP contribution in [0.3, 0.4) is 0 Å². The lowest BCUT2D eigenvalue weighted by atomic mass is 9.83. The summed E-state index contributed by atoms with van der Waals surface area (Å²) in [5.74, 6) is 0.151. The zero-order valence-electron chi connectivity index (χ0n) is 11.3. The van der Waals surface area contributed by atoms with Crippen molar-refractivity contribution in [2.75, 3.05) is 6.54 Å². The highest BCUT2D eigenvalue weighted by molar-refractivity contribution is 7.10. The van der Waals surface area contributed by atoms with Gasteiger partial charge in [-0.3, -0.25) is 4.79 Å². The Kier molecular flexibility index (Phi) is 5.07. The normalized spacial score (nSPS) is 29.5. The number of halogens is 1.